The third-order valence-corrected chi connectivity index (χ3v) is 3.75. The molecule has 0 fully saturated rings. The first-order chi connectivity index (χ1) is 9.99. The van der Waals surface area contributed by atoms with Crippen LogP contribution in [0.4, 0.5) is 10.1 Å². The molecule has 2 aromatic carbocycles. The first-order valence-electron chi connectivity index (χ1n) is 6.70. The number of amides is 1. The van der Waals surface area contributed by atoms with Crippen molar-refractivity contribution >= 4 is 17.4 Å². The van der Waals surface area contributed by atoms with Gasteiger partial charge in [0.1, 0.15) is 5.82 Å². The highest BCUT2D eigenvalue weighted by Crippen LogP contribution is 2.34. The maximum atomic E-state index is 14.2. The zero-order valence-electron chi connectivity index (χ0n) is 11.8. The second-order valence-corrected chi connectivity index (χ2v) is 5.29. The molecule has 0 radical (unpaired) electrons. The summed E-state index contributed by atoms with van der Waals surface area (Å²) in [6.07, 6.45) is 0. The Hall–Kier alpha value is -2.49. The van der Waals surface area contributed by atoms with Crippen molar-refractivity contribution in [2.75, 3.05) is 4.90 Å². The Morgan fingerprint density at radius 2 is 1.81 bits per heavy atom. The average molecular weight is 283 g/mol. The second kappa shape index (κ2) is 4.81. The Morgan fingerprint density at radius 1 is 1.10 bits per heavy atom. The lowest BCUT2D eigenvalue weighted by atomic mass is 10.1. The van der Waals surface area contributed by atoms with Gasteiger partial charge in [0.15, 0.2) is 0 Å². The summed E-state index contributed by atoms with van der Waals surface area (Å²) in [5, 5.41) is 0. The molecule has 3 nitrogen and oxygen atoms in total. The van der Waals surface area contributed by atoms with Crippen molar-refractivity contribution in [3.05, 3.63) is 64.5 Å². The van der Waals surface area contributed by atoms with Crippen LogP contribution in [0.2, 0.25) is 0 Å². The number of carbonyl (C=O) groups excluding carboxylic acids is 2. The number of Topliss-reactive ketones (excluding diaryl/α,β-unsaturated/α-hetero) is 1. The van der Waals surface area contributed by atoms with Gasteiger partial charge in [-0.1, -0.05) is 24.3 Å². The third-order valence-electron chi connectivity index (χ3n) is 3.75. The van der Waals surface area contributed by atoms with E-state index in [4.69, 9.17) is 0 Å². The molecule has 1 heterocycles. The summed E-state index contributed by atoms with van der Waals surface area (Å²) < 4.78 is 14.2. The Balaban J connectivity index is 2.08. The number of nitrogens with zero attached hydrogens (tertiary/aromatic N) is 1. The summed E-state index contributed by atoms with van der Waals surface area (Å²) >= 11 is 0. The van der Waals surface area contributed by atoms with Gasteiger partial charge in [-0.05, 0) is 42.7 Å². The fourth-order valence-electron chi connectivity index (χ4n) is 2.63. The Morgan fingerprint density at radius 3 is 2.52 bits per heavy atom. The van der Waals surface area contributed by atoms with E-state index in [9.17, 15) is 14.0 Å². The number of hydrogen-bond acceptors (Lipinski definition) is 2. The van der Waals surface area contributed by atoms with Crippen LogP contribution in [-0.4, -0.2) is 11.7 Å². The lowest BCUT2D eigenvalue weighted by Gasteiger charge is -2.18. The fourth-order valence-corrected chi connectivity index (χ4v) is 2.63. The maximum absolute atomic E-state index is 14.2. The maximum Gasteiger partial charge on any atom is 0.299 e. The number of carbonyl (C=O) groups is 2. The Kier molecular flexibility index (Phi) is 3.09. The highest BCUT2D eigenvalue weighted by molar-refractivity contribution is 6.52. The predicted octanol–water partition coefficient (Wildman–Crippen LogP) is 3.17. The van der Waals surface area contributed by atoms with Crippen LogP contribution in [0.5, 0.6) is 0 Å². The van der Waals surface area contributed by atoms with E-state index in [0.29, 0.717) is 5.56 Å². The normalized spacial score (nSPS) is 13.8. The summed E-state index contributed by atoms with van der Waals surface area (Å²) in [6.45, 7) is 3.82. The van der Waals surface area contributed by atoms with Crippen molar-refractivity contribution in [1.82, 2.24) is 0 Å². The summed E-state index contributed by atoms with van der Waals surface area (Å²) in [4.78, 5) is 25.4. The standard InChI is InChI=1S/C17H14FNO2/c1-10-7-13-15(14(18)8-10)19(17(21)16(13)20)9-12-6-4-3-5-11(12)2/h3-8H,9H2,1-2H3. The molecule has 3 rings (SSSR count). The smallest absolute Gasteiger partial charge is 0.298 e. The number of ketones is 1. The summed E-state index contributed by atoms with van der Waals surface area (Å²) in [7, 11) is 0. The van der Waals surface area contributed by atoms with Crippen molar-refractivity contribution in [2.45, 2.75) is 20.4 Å². The molecule has 0 aliphatic carbocycles. The van der Waals surface area contributed by atoms with Crippen molar-refractivity contribution in [1.29, 1.82) is 0 Å². The van der Waals surface area contributed by atoms with Gasteiger partial charge in [-0.15, -0.1) is 0 Å². The molecule has 21 heavy (non-hydrogen) atoms. The molecule has 0 unspecified atom stereocenters. The highest BCUT2D eigenvalue weighted by Gasteiger charge is 2.38. The SMILES string of the molecule is Cc1cc(F)c2c(c1)C(=O)C(=O)N2Cc1ccccc1C. The van der Waals surface area contributed by atoms with E-state index in [1.165, 1.54) is 11.0 Å². The van der Waals surface area contributed by atoms with Gasteiger partial charge in [0.2, 0.25) is 0 Å². The van der Waals surface area contributed by atoms with Crippen LogP contribution in [-0.2, 0) is 11.3 Å². The number of halogens is 1. The fraction of sp³-hybridized carbons (Fsp3) is 0.176. The number of aryl methyl sites for hydroxylation is 2. The van der Waals surface area contributed by atoms with Crippen LogP contribution in [0.3, 0.4) is 0 Å². The molecule has 106 valence electrons. The molecular formula is C17H14FNO2. The van der Waals surface area contributed by atoms with Crippen LogP contribution < -0.4 is 4.90 Å². The van der Waals surface area contributed by atoms with Gasteiger partial charge in [0.05, 0.1) is 17.8 Å². The molecule has 4 heteroatoms. The van der Waals surface area contributed by atoms with Crippen LogP contribution in [0.1, 0.15) is 27.0 Å². The topological polar surface area (TPSA) is 37.4 Å². The number of hydrogen-bond donors (Lipinski definition) is 0. The van der Waals surface area contributed by atoms with Gasteiger partial charge >= 0.3 is 0 Å². The van der Waals surface area contributed by atoms with E-state index in [1.807, 2.05) is 31.2 Å². The van der Waals surface area contributed by atoms with E-state index in [2.05, 4.69) is 0 Å². The molecule has 1 aliphatic rings. The third kappa shape index (κ3) is 2.13. The van der Waals surface area contributed by atoms with E-state index < -0.39 is 17.5 Å². The summed E-state index contributed by atoms with van der Waals surface area (Å²) in [5.74, 6) is -1.84. The van der Waals surface area contributed by atoms with E-state index >= 15 is 0 Å². The molecule has 0 N–H and O–H groups in total. The largest absolute Gasteiger partial charge is 0.299 e. The number of benzene rings is 2. The molecular weight excluding hydrogens is 269 g/mol. The highest BCUT2D eigenvalue weighted by atomic mass is 19.1. The van der Waals surface area contributed by atoms with Gasteiger partial charge in [0, 0.05) is 0 Å². The van der Waals surface area contributed by atoms with E-state index in [1.54, 1.807) is 13.0 Å². The van der Waals surface area contributed by atoms with Crippen molar-refractivity contribution < 1.29 is 14.0 Å². The van der Waals surface area contributed by atoms with E-state index in [-0.39, 0.29) is 17.8 Å². The summed E-state index contributed by atoms with van der Waals surface area (Å²) in [5.41, 5.74) is 2.78. The van der Waals surface area contributed by atoms with Gasteiger partial charge < -0.3 is 0 Å². The quantitative estimate of drug-likeness (QED) is 0.794. The minimum atomic E-state index is -0.669. The van der Waals surface area contributed by atoms with Crippen LogP contribution in [0.25, 0.3) is 0 Å². The molecule has 0 spiro atoms. The Labute approximate surface area is 122 Å². The minimum Gasteiger partial charge on any atom is -0.298 e. The number of anilines is 1. The van der Waals surface area contributed by atoms with Crippen LogP contribution in [0.15, 0.2) is 36.4 Å². The average Bonchev–Trinajstić information content (AvgIpc) is 2.67. The molecule has 0 saturated heterocycles. The Bertz CT molecular complexity index is 767. The van der Waals surface area contributed by atoms with Gasteiger partial charge in [-0.2, -0.15) is 0 Å². The number of fused-ring (bicyclic) bond motifs is 1. The van der Waals surface area contributed by atoms with Crippen molar-refractivity contribution in [3.8, 4) is 0 Å². The van der Waals surface area contributed by atoms with Crippen molar-refractivity contribution in [3.63, 3.8) is 0 Å². The minimum absolute atomic E-state index is 0.0962. The monoisotopic (exact) mass is 283 g/mol. The summed E-state index contributed by atoms with van der Waals surface area (Å²) in [6, 6.07) is 10.5. The zero-order chi connectivity index (χ0) is 15.1. The zero-order valence-corrected chi connectivity index (χ0v) is 11.8. The molecule has 0 saturated carbocycles. The van der Waals surface area contributed by atoms with Gasteiger partial charge in [-0.3, -0.25) is 14.5 Å². The second-order valence-electron chi connectivity index (χ2n) is 5.29. The lowest BCUT2D eigenvalue weighted by Crippen LogP contribution is -2.29. The first-order valence-corrected chi connectivity index (χ1v) is 6.70. The molecule has 0 atom stereocenters. The predicted molar refractivity (Wildman–Crippen MR) is 77.8 cm³/mol. The van der Waals surface area contributed by atoms with Gasteiger partial charge in [0.25, 0.3) is 11.7 Å². The molecule has 1 amide bonds. The number of rotatable bonds is 2. The molecule has 1 aliphatic heterocycles. The van der Waals surface area contributed by atoms with Crippen molar-refractivity contribution in [2.24, 2.45) is 0 Å². The van der Waals surface area contributed by atoms with Crippen LogP contribution >= 0.6 is 0 Å². The van der Waals surface area contributed by atoms with Gasteiger partial charge in [-0.25, -0.2) is 4.39 Å². The van der Waals surface area contributed by atoms with E-state index in [0.717, 1.165) is 11.1 Å². The first kappa shape index (κ1) is 13.5. The van der Waals surface area contributed by atoms with Crippen LogP contribution in [0, 0.1) is 19.7 Å². The molecule has 2 aromatic rings. The lowest BCUT2D eigenvalue weighted by molar-refractivity contribution is -0.114. The molecule has 0 aromatic heterocycles. The molecule has 0 bridgehead atoms.